The number of carboxylic acid groups (broad SMARTS) is 1. The molecule has 21 heavy (non-hydrogen) atoms. The fourth-order valence-corrected chi connectivity index (χ4v) is 3.55. The number of aryl methyl sites for hydroxylation is 1. The minimum atomic E-state index is -0.661. The van der Waals surface area contributed by atoms with Gasteiger partial charge in [-0.3, -0.25) is 9.48 Å². The number of carboxylic acids is 1. The van der Waals surface area contributed by atoms with Crippen molar-refractivity contribution in [2.75, 3.05) is 0 Å². The van der Waals surface area contributed by atoms with Gasteiger partial charge in [-0.05, 0) is 31.1 Å². The molecule has 4 unspecified atom stereocenters. The van der Waals surface area contributed by atoms with Crippen LogP contribution < -0.4 is 5.32 Å². The van der Waals surface area contributed by atoms with Crippen LogP contribution in [0.5, 0.6) is 0 Å². The zero-order valence-electron chi connectivity index (χ0n) is 13.6. The van der Waals surface area contributed by atoms with E-state index in [0.717, 1.165) is 12.8 Å². The van der Waals surface area contributed by atoms with Gasteiger partial charge in [0.15, 0.2) is 0 Å². The van der Waals surface area contributed by atoms with Gasteiger partial charge in [0.1, 0.15) is 0 Å². The molecule has 1 saturated carbocycles. The van der Waals surface area contributed by atoms with Gasteiger partial charge in [0.05, 0.1) is 12.1 Å². The number of aliphatic carboxylic acids is 1. The van der Waals surface area contributed by atoms with Crippen LogP contribution in [0.15, 0.2) is 12.4 Å². The SMILES string of the molecule is CC(NC1CCC(C(=O)O)C(C)(C)C1C)c1cnn(C)c1. The summed E-state index contributed by atoms with van der Waals surface area (Å²) in [6.45, 7) is 8.47. The van der Waals surface area contributed by atoms with Gasteiger partial charge < -0.3 is 10.4 Å². The van der Waals surface area contributed by atoms with Gasteiger partial charge in [-0.1, -0.05) is 20.8 Å². The summed E-state index contributed by atoms with van der Waals surface area (Å²) in [6, 6.07) is 0.564. The Morgan fingerprint density at radius 3 is 2.71 bits per heavy atom. The number of nitrogens with one attached hydrogen (secondary N) is 1. The van der Waals surface area contributed by atoms with Crippen molar-refractivity contribution in [2.24, 2.45) is 24.3 Å². The smallest absolute Gasteiger partial charge is 0.307 e. The Labute approximate surface area is 126 Å². The number of carbonyl (C=O) groups is 1. The molecule has 2 rings (SSSR count). The Bertz CT molecular complexity index is 509. The van der Waals surface area contributed by atoms with Gasteiger partial charge in [-0.15, -0.1) is 0 Å². The van der Waals surface area contributed by atoms with Gasteiger partial charge in [0.2, 0.25) is 0 Å². The summed E-state index contributed by atoms with van der Waals surface area (Å²) in [5, 5.41) is 17.3. The highest BCUT2D eigenvalue weighted by Gasteiger charge is 2.46. The molecule has 1 fully saturated rings. The number of rotatable bonds is 4. The third-order valence-corrected chi connectivity index (χ3v) is 5.43. The molecule has 0 bridgehead atoms. The van der Waals surface area contributed by atoms with Crippen LogP contribution >= 0.6 is 0 Å². The van der Waals surface area contributed by atoms with Crippen LogP contribution in [-0.2, 0) is 11.8 Å². The number of hydrogen-bond donors (Lipinski definition) is 2. The van der Waals surface area contributed by atoms with E-state index in [-0.39, 0.29) is 17.4 Å². The highest BCUT2D eigenvalue weighted by molar-refractivity contribution is 5.71. The maximum atomic E-state index is 11.4. The molecular weight excluding hydrogens is 266 g/mol. The average molecular weight is 293 g/mol. The highest BCUT2D eigenvalue weighted by Crippen LogP contribution is 2.45. The van der Waals surface area contributed by atoms with E-state index >= 15 is 0 Å². The van der Waals surface area contributed by atoms with Crippen LogP contribution in [-0.4, -0.2) is 26.9 Å². The maximum absolute atomic E-state index is 11.4. The number of nitrogens with zero attached hydrogens (tertiary/aromatic N) is 2. The van der Waals surface area contributed by atoms with E-state index < -0.39 is 5.97 Å². The summed E-state index contributed by atoms with van der Waals surface area (Å²) in [5.74, 6) is -0.601. The minimum absolute atomic E-state index is 0.198. The van der Waals surface area contributed by atoms with Crippen LogP contribution in [0.25, 0.3) is 0 Å². The van der Waals surface area contributed by atoms with Crippen molar-refractivity contribution < 1.29 is 9.90 Å². The standard InChI is InChI=1S/C16H27N3O2/c1-10-14(7-6-13(15(20)21)16(10,3)4)18-11(2)12-8-17-19(5)9-12/h8-11,13-14,18H,6-7H2,1-5H3,(H,20,21). The van der Waals surface area contributed by atoms with Crippen molar-refractivity contribution in [1.29, 1.82) is 0 Å². The lowest BCUT2D eigenvalue weighted by Gasteiger charge is -2.47. The van der Waals surface area contributed by atoms with Crippen molar-refractivity contribution in [3.05, 3.63) is 18.0 Å². The molecule has 1 aliphatic rings. The first kappa shape index (κ1) is 16.0. The molecule has 5 nitrogen and oxygen atoms in total. The van der Waals surface area contributed by atoms with Gasteiger partial charge in [-0.2, -0.15) is 5.10 Å². The molecule has 2 N–H and O–H groups in total. The van der Waals surface area contributed by atoms with Crippen LogP contribution in [0.2, 0.25) is 0 Å². The molecule has 0 aromatic carbocycles. The summed E-state index contributed by atoms with van der Waals surface area (Å²) in [7, 11) is 1.92. The molecule has 0 radical (unpaired) electrons. The van der Waals surface area contributed by atoms with E-state index in [9.17, 15) is 9.90 Å². The van der Waals surface area contributed by atoms with Gasteiger partial charge in [0, 0.05) is 30.9 Å². The normalized spacial score (nSPS) is 30.0. The predicted molar refractivity (Wildman–Crippen MR) is 81.9 cm³/mol. The molecule has 1 heterocycles. The third kappa shape index (κ3) is 3.12. The van der Waals surface area contributed by atoms with E-state index in [4.69, 9.17) is 0 Å². The summed E-state index contributed by atoms with van der Waals surface area (Å²) in [4.78, 5) is 11.4. The molecule has 0 amide bonds. The van der Waals surface area contributed by atoms with Crippen LogP contribution in [0.3, 0.4) is 0 Å². The minimum Gasteiger partial charge on any atom is -0.481 e. The topological polar surface area (TPSA) is 67.2 Å². The Morgan fingerprint density at radius 1 is 1.52 bits per heavy atom. The fraction of sp³-hybridized carbons (Fsp3) is 0.750. The second kappa shape index (κ2) is 5.79. The molecule has 1 aromatic heterocycles. The molecule has 1 aromatic rings. The van der Waals surface area contributed by atoms with Gasteiger partial charge in [0.25, 0.3) is 0 Å². The molecule has 0 saturated heterocycles. The third-order valence-electron chi connectivity index (χ3n) is 5.43. The lowest BCUT2D eigenvalue weighted by molar-refractivity contribution is -0.150. The quantitative estimate of drug-likeness (QED) is 0.895. The fourth-order valence-electron chi connectivity index (χ4n) is 3.55. The first-order chi connectivity index (χ1) is 9.73. The molecule has 118 valence electrons. The molecular formula is C16H27N3O2. The van der Waals surface area contributed by atoms with Gasteiger partial charge in [-0.25, -0.2) is 0 Å². The molecule has 0 aliphatic heterocycles. The lowest BCUT2D eigenvalue weighted by Crippen LogP contribution is -2.51. The highest BCUT2D eigenvalue weighted by atomic mass is 16.4. The first-order valence-electron chi connectivity index (χ1n) is 7.71. The predicted octanol–water partition coefficient (Wildman–Crippen LogP) is 2.60. The Morgan fingerprint density at radius 2 is 2.19 bits per heavy atom. The largest absolute Gasteiger partial charge is 0.481 e. The molecule has 0 spiro atoms. The summed E-state index contributed by atoms with van der Waals surface area (Å²) < 4.78 is 1.81. The van der Waals surface area contributed by atoms with Crippen molar-refractivity contribution in [1.82, 2.24) is 15.1 Å². The van der Waals surface area contributed by atoms with E-state index in [0.29, 0.717) is 12.0 Å². The van der Waals surface area contributed by atoms with E-state index in [1.165, 1.54) is 5.56 Å². The molecule has 5 heteroatoms. The van der Waals surface area contributed by atoms with Crippen molar-refractivity contribution in [3.8, 4) is 0 Å². The van der Waals surface area contributed by atoms with E-state index in [1.54, 1.807) is 0 Å². The van der Waals surface area contributed by atoms with E-state index in [1.807, 2.05) is 24.1 Å². The zero-order valence-corrected chi connectivity index (χ0v) is 13.6. The summed E-state index contributed by atoms with van der Waals surface area (Å²) in [6.07, 6.45) is 5.56. The monoisotopic (exact) mass is 293 g/mol. The van der Waals surface area contributed by atoms with Crippen molar-refractivity contribution in [3.63, 3.8) is 0 Å². The van der Waals surface area contributed by atoms with Gasteiger partial charge >= 0.3 is 5.97 Å². The molecule has 1 aliphatic carbocycles. The zero-order chi connectivity index (χ0) is 15.8. The summed E-state index contributed by atoms with van der Waals surface area (Å²) >= 11 is 0. The second-order valence-corrected chi connectivity index (χ2v) is 7.02. The Hall–Kier alpha value is -1.36. The average Bonchev–Trinajstić information content (AvgIpc) is 2.81. The number of hydrogen-bond acceptors (Lipinski definition) is 3. The van der Waals surface area contributed by atoms with E-state index in [2.05, 4.69) is 38.1 Å². The van der Waals surface area contributed by atoms with Crippen LogP contribution in [0.1, 0.15) is 52.1 Å². The van der Waals surface area contributed by atoms with Crippen molar-refractivity contribution >= 4 is 5.97 Å². The summed E-state index contributed by atoms with van der Waals surface area (Å²) in [5.41, 5.74) is 0.971. The second-order valence-electron chi connectivity index (χ2n) is 7.02. The lowest BCUT2D eigenvalue weighted by atomic mass is 9.61. The van der Waals surface area contributed by atoms with Crippen LogP contribution in [0, 0.1) is 17.3 Å². The van der Waals surface area contributed by atoms with Crippen LogP contribution in [0.4, 0.5) is 0 Å². The number of aromatic nitrogens is 2. The first-order valence-corrected chi connectivity index (χ1v) is 7.71. The Kier molecular flexibility index (Phi) is 4.42. The Balaban J connectivity index is 2.07. The molecule has 4 atom stereocenters. The van der Waals surface area contributed by atoms with Crippen molar-refractivity contribution in [2.45, 2.75) is 52.6 Å². The maximum Gasteiger partial charge on any atom is 0.307 e.